The van der Waals surface area contributed by atoms with Crippen molar-refractivity contribution in [2.45, 2.75) is 37.7 Å². The highest BCUT2D eigenvalue weighted by atomic mass is 16.3. The Morgan fingerprint density at radius 1 is 1.33 bits per heavy atom. The smallest absolute Gasteiger partial charge is 0.0787 e. The maximum atomic E-state index is 9.67. The lowest BCUT2D eigenvalue weighted by molar-refractivity contribution is 0.173. The zero-order chi connectivity index (χ0) is 10.9. The average Bonchev–Trinajstić information content (AvgIpc) is 3.09. The van der Waals surface area contributed by atoms with Crippen LogP contribution in [0, 0.1) is 0 Å². The van der Waals surface area contributed by atoms with E-state index < -0.39 is 0 Å². The molecule has 1 aliphatic rings. The molecule has 1 aromatic rings. The van der Waals surface area contributed by atoms with Crippen molar-refractivity contribution in [3.05, 3.63) is 35.4 Å². The molecule has 1 atom stereocenters. The van der Waals surface area contributed by atoms with Crippen LogP contribution in [-0.2, 0) is 5.41 Å². The molecule has 82 valence electrons. The summed E-state index contributed by atoms with van der Waals surface area (Å²) in [5, 5.41) is 9.67. The molecule has 0 saturated heterocycles. The molecule has 2 rings (SSSR count). The van der Waals surface area contributed by atoms with Crippen molar-refractivity contribution >= 4 is 0 Å². The van der Waals surface area contributed by atoms with Crippen LogP contribution in [-0.4, -0.2) is 11.7 Å². The Balaban J connectivity index is 2.17. The zero-order valence-electron chi connectivity index (χ0n) is 9.24. The molecule has 0 aliphatic heterocycles. The van der Waals surface area contributed by atoms with Gasteiger partial charge in [0, 0.05) is 12.0 Å². The summed E-state index contributed by atoms with van der Waals surface area (Å²) in [6, 6.07) is 8.29. The van der Waals surface area contributed by atoms with Gasteiger partial charge < -0.3 is 10.8 Å². The predicted octanol–water partition coefficient (Wildman–Crippen LogP) is 2.12. The van der Waals surface area contributed by atoms with Gasteiger partial charge in [0.1, 0.15) is 0 Å². The van der Waals surface area contributed by atoms with E-state index in [1.165, 1.54) is 18.4 Å². The van der Waals surface area contributed by atoms with Crippen molar-refractivity contribution in [2.75, 3.05) is 6.54 Å². The molecule has 0 spiro atoms. The lowest BCUT2D eigenvalue weighted by Gasteiger charge is -2.14. The van der Waals surface area contributed by atoms with Crippen LogP contribution in [0.5, 0.6) is 0 Å². The van der Waals surface area contributed by atoms with E-state index in [1.807, 2.05) is 19.1 Å². The van der Waals surface area contributed by atoms with Gasteiger partial charge in [0.15, 0.2) is 0 Å². The Labute approximate surface area is 91.1 Å². The van der Waals surface area contributed by atoms with Gasteiger partial charge in [0.05, 0.1) is 6.10 Å². The molecule has 2 heteroatoms. The third-order valence-electron chi connectivity index (χ3n) is 3.54. The van der Waals surface area contributed by atoms with Gasteiger partial charge in [-0.3, -0.25) is 0 Å². The number of nitrogens with two attached hydrogens (primary N) is 1. The summed E-state index contributed by atoms with van der Waals surface area (Å²) in [5.74, 6) is 0. The average molecular weight is 205 g/mol. The van der Waals surface area contributed by atoms with Gasteiger partial charge in [0.2, 0.25) is 0 Å². The highest BCUT2D eigenvalue weighted by Crippen LogP contribution is 2.47. The quantitative estimate of drug-likeness (QED) is 0.791. The van der Waals surface area contributed by atoms with Crippen molar-refractivity contribution in [3.8, 4) is 0 Å². The molecule has 15 heavy (non-hydrogen) atoms. The Kier molecular flexibility index (Phi) is 2.81. The zero-order valence-corrected chi connectivity index (χ0v) is 9.24. The van der Waals surface area contributed by atoms with E-state index in [1.54, 1.807) is 0 Å². The topological polar surface area (TPSA) is 46.2 Å². The first-order chi connectivity index (χ1) is 7.22. The number of aliphatic hydroxyl groups excluding tert-OH is 1. The summed E-state index contributed by atoms with van der Waals surface area (Å²) < 4.78 is 0. The van der Waals surface area contributed by atoms with Crippen LogP contribution in [0.2, 0.25) is 0 Å². The first-order valence-electron chi connectivity index (χ1n) is 5.70. The van der Waals surface area contributed by atoms with E-state index in [0.29, 0.717) is 0 Å². The number of benzene rings is 1. The van der Waals surface area contributed by atoms with Crippen LogP contribution in [0.1, 0.15) is 43.4 Å². The van der Waals surface area contributed by atoms with Gasteiger partial charge in [-0.05, 0) is 30.4 Å². The molecule has 0 heterocycles. The normalized spacial score (nSPS) is 19.9. The third-order valence-corrected chi connectivity index (χ3v) is 3.54. The number of hydrogen-bond donors (Lipinski definition) is 2. The second-order valence-electron chi connectivity index (χ2n) is 4.53. The van der Waals surface area contributed by atoms with Crippen molar-refractivity contribution in [1.82, 2.24) is 0 Å². The second-order valence-corrected chi connectivity index (χ2v) is 4.53. The molecule has 0 bridgehead atoms. The van der Waals surface area contributed by atoms with E-state index in [2.05, 4.69) is 12.1 Å². The Hall–Kier alpha value is -0.860. The number of rotatable bonds is 4. The van der Waals surface area contributed by atoms with Gasteiger partial charge in [-0.1, -0.05) is 31.2 Å². The van der Waals surface area contributed by atoms with Gasteiger partial charge >= 0.3 is 0 Å². The first kappa shape index (κ1) is 10.7. The molecule has 0 aromatic heterocycles. The minimum absolute atomic E-state index is 0.260. The minimum atomic E-state index is -0.327. The first-order valence-corrected chi connectivity index (χ1v) is 5.70. The molecule has 1 aliphatic carbocycles. The Morgan fingerprint density at radius 2 is 1.93 bits per heavy atom. The van der Waals surface area contributed by atoms with Gasteiger partial charge in [0.25, 0.3) is 0 Å². The SMILES string of the molecule is CCC(O)c1ccc(C2(CN)CC2)cc1. The summed E-state index contributed by atoms with van der Waals surface area (Å²) in [6.45, 7) is 2.73. The fraction of sp³-hybridized carbons (Fsp3) is 0.538. The van der Waals surface area contributed by atoms with Crippen molar-refractivity contribution in [3.63, 3.8) is 0 Å². The number of hydrogen-bond acceptors (Lipinski definition) is 2. The van der Waals surface area contributed by atoms with Crippen LogP contribution in [0.15, 0.2) is 24.3 Å². The summed E-state index contributed by atoms with van der Waals surface area (Å²) in [4.78, 5) is 0. The van der Waals surface area contributed by atoms with E-state index >= 15 is 0 Å². The highest BCUT2D eigenvalue weighted by Gasteiger charge is 2.42. The van der Waals surface area contributed by atoms with Crippen molar-refractivity contribution in [2.24, 2.45) is 5.73 Å². The van der Waals surface area contributed by atoms with Crippen LogP contribution < -0.4 is 5.73 Å². The summed E-state index contributed by atoms with van der Waals surface area (Å²) in [6.07, 6.45) is 2.85. The maximum Gasteiger partial charge on any atom is 0.0787 e. The molecule has 1 aromatic carbocycles. The van der Waals surface area contributed by atoms with E-state index in [0.717, 1.165) is 18.5 Å². The molecular weight excluding hydrogens is 186 g/mol. The Bertz CT molecular complexity index is 327. The predicted molar refractivity (Wildman–Crippen MR) is 61.7 cm³/mol. The van der Waals surface area contributed by atoms with Gasteiger partial charge in [-0.15, -0.1) is 0 Å². The molecule has 0 amide bonds. The second kappa shape index (κ2) is 3.95. The minimum Gasteiger partial charge on any atom is -0.388 e. The molecular formula is C13H19NO. The van der Waals surface area contributed by atoms with E-state index in [9.17, 15) is 5.11 Å². The van der Waals surface area contributed by atoms with Crippen LogP contribution in [0.3, 0.4) is 0 Å². The fourth-order valence-corrected chi connectivity index (χ4v) is 2.06. The molecule has 0 radical (unpaired) electrons. The lowest BCUT2D eigenvalue weighted by atomic mass is 9.94. The fourth-order valence-electron chi connectivity index (χ4n) is 2.06. The Morgan fingerprint density at radius 3 is 2.33 bits per heavy atom. The highest BCUT2D eigenvalue weighted by molar-refractivity contribution is 5.34. The van der Waals surface area contributed by atoms with Gasteiger partial charge in [-0.2, -0.15) is 0 Å². The summed E-state index contributed by atoms with van der Waals surface area (Å²) in [5.41, 5.74) is 8.37. The largest absolute Gasteiger partial charge is 0.388 e. The molecule has 3 N–H and O–H groups in total. The monoisotopic (exact) mass is 205 g/mol. The lowest BCUT2D eigenvalue weighted by Crippen LogP contribution is -2.19. The summed E-state index contributed by atoms with van der Waals surface area (Å²) in [7, 11) is 0. The summed E-state index contributed by atoms with van der Waals surface area (Å²) >= 11 is 0. The van der Waals surface area contributed by atoms with Gasteiger partial charge in [-0.25, -0.2) is 0 Å². The third kappa shape index (κ3) is 1.92. The standard InChI is InChI=1S/C13H19NO/c1-2-12(15)10-3-5-11(6-4-10)13(9-14)7-8-13/h3-6,12,15H,2,7-9,14H2,1H3. The van der Waals surface area contributed by atoms with Crippen LogP contribution in [0.25, 0.3) is 0 Å². The number of aliphatic hydroxyl groups is 1. The van der Waals surface area contributed by atoms with E-state index in [4.69, 9.17) is 5.73 Å². The van der Waals surface area contributed by atoms with Crippen molar-refractivity contribution < 1.29 is 5.11 Å². The molecule has 1 unspecified atom stereocenters. The molecule has 2 nitrogen and oxygen atoms in total. The molecule has 1 fully saturated rings. The van der Waals surface area contributed by atoms with E-state index in [-0.39, 0.29) is 11.5 Å². The van der Waals surface area contributed by atoms with Crippen LogP contribution >= 0.6 is 0 Å². The molecule has 1 saturated carbocycles. The maximum absolute atomic E-state index is 9.67. The van der Waals surface area contributed by atoms with Crippen LogP contribution in [0.4, 0.5) is 0 Å². The van der Waals surface area contributed by atoms with Crippen molar-refractivity contribution in [1.29, 1.82) is 0 Å².